The number of hydrogen-bond donors (Lipinski definition) is 2. The fourth-order valence-electron chi connectivity index (χ4n) is 2.63. The van der Waals surface area contributed by atoms with Crippen molar-refractivity contribution in [2.24, 2.45) is 7.05 Å². The van der Waals surface area contributed by atoms with Crippen molar-refractivity contribution in [2.45, 2.75) is 6.36 Å². The second-order valence-electron chi connectivity index (χ2n) is 5.63. The molecule has 0 saturated carbocycles. The van der Waals surface area contributed by atoms with Gasteiger partial charge in [-0.05, 0) is 30.3 Å². The summed E-state index contributed by atoms with van der Waals surface area (Å²) in [5.41, 5.74) is -0.850. The normalized spacial score (nSPS) is 11.4. The van der Waals surface area contributed by atoms with Gasteiger partial charge in [0.05, 0.1) is 5.52 Å². The summed E-state index contributed by atoms with van der Waals surface area (Å²) in [6.07, 6.45) is -4.92. The number of hydrogen-bond acceptors (Lipinski definition) is 4. The van der Waals surface area contributed by atoms with Gasteiger partial charge in [-0.25, -0.2) is 0 Å². The number of amides is 1. The molecule has 3 aromatic rings. The highest BCUT2D eigenvalue weighted by Crippen LogP contribution is 2.32. The number of carbonyl (C=O) groups is 1. The number of nitrogens with one attached hydrogen (secondary N) is 1. The van der Waals surface area contributed by atoms with E-state index in [0.29, 0.717) is 5.69 Å². The Morgan fingerprint density at radius 2 is 1.81 bits per heavy atom. The van der Waals surface area contributed by atoms with Gasteiger partial charge in [0.2, 0.25) is 0 Å². The van der Waals surface area contributed by atoms with Crippen LogP contribution in [0.4, 0.5) is 18.9 Å². The van der Waals surface area contributed by atoms with Crippen LogP contribution in [-0.2, 0) is 7.05 Å². The number of rotatable bonds is 3. The van der Waals surface area contributed by atoms with Crippen LogP contribution in [0, 0.1) is 0 Å². The Morgan fingerprint density at radius 1 is 1.15 bits per heavy atom. The number of nitrogens with zero attached hydrogens (tertiary/aromatic N) is 1. The van der Waals surface area contributed by atoms with Crippen molar-refractivity contribution in [3.8, 4) is 11.5 Å². The summed E-state index contributed by atoms with van der Waals surface area (Å²) in [7, 11) is 1.34. The molecule has 0 aliphatic carbocycles. The quantitative estimate of drug-likeness (QED) is 0.732. The van der Waals surface area contributed by atoms with E-state index in [9.17, 15) is 27.9 Å². The Morgan fingerprint density at radius 3 is 2.44 bits per heavy atom. The fourth-order valence-corrected chi connectivity index (χ4v) is 2.63. The molecule has 0 bridgehead atoms. The second kappa shape index (κ2) is 6.67. The van der Waals surface area contributed by atoms with Gasteiger partial charge in [0.25, 0.3) is 11.5 Å². The molecule has 0 atom stereocenters. The van der Waals surface area contributed by atoms with Crippen molar-refractivity contribution in [3.63, 3.8) is 0 Å². The highest BCUT2D eigenvalue weighted by atomic mass is 19.4. The number of halogens is 3. The SMILES string of the molecule is Cn1c(=O)c(C(=O)Nc2ccccc2)c(O)c2cc(OC(F)(F)F)ccc21. The maximum Gasteiger partial charge on any atom is 0.573 e. The summed E-state index contributed by atoms with van der Waals surface area (Å²) >= 11 is 0. The molecule has 0 radical (unpaired) electrons. The molecule has 0 unspecified atom stereocenters. The molecule has 1 aromatic heterocycles. The first-order chi connectivity index (χ1) is 12.7. The summed E-state index contributed by atoms with van der Waals surface area (Å²) in [6, 6.07) is 11.3. The smallest absolute Gasteiger partial charge is 0.506 e. The number of ether oxygens (including phenoxy) is 1. The molecule has 0 saturated heterocycles. The lowest BCUT2D eigenvalue weighted by atomic mass is 10.1. The number of benzene rings is 2. The Labute approximate surface area is 150 Å². The van der Waals surface area contributed by atoms with E-state index in [0.717, 1.165) is 16.7 Å². The lowest BCUT2D eigenvalue weighted by Gasteiger charge is -2.14. The first-order valence-corrected chi connectivity index (χ1v) is 7.65. The van der Waals surface area contributed by atoms with Crippen LogP contribution in [0.2, 0.25) is 0 Å². The standard InChI is InChI=1S/C18H13F3N2O4/c1-23-13-8-7-11(27-18(19,20)21)9-12(13)15(24)14(17(23)26)16(25)22-10-5-3-2-4-6-10/h2-9,24H,1H3,(H,22,25). The minimum Gasteiger partial charge on any atom is -0.506 e. The zero-order valence-electron chi connectivity index (χ0n) is 13.9. The minimum atomic E-state index is -4.92. The number of alkyl halides is 3. The average Bonchev–Trinajstić information content (AvgIpc) is 2.59. The van der Waals surface area contributed by atoms with Gasteiger partial charge >= 0.3 is 6.36 Å². The highest BCUT2D eigenvalue weighted by Gasteiger charge is 2.31. The number of pyridine rings is 1. The third-order valence-corrected chi connectivity index (χ3v) is 3.83. The van der Waals surface area contributed by atoms with Gasteiger partial charge in [0.15, 0.2) is 0 Å². The van der Waals surface area contributed by atoms with E-state index >= 15 is 0 Å². The predicted octanol–water partition coefficient (Wildman–Crippen LogP) is 3.40. The molecule has 140 valence electrons. The number of anilines is 1. The molecule has 27 heavy (non-hydrogen) atoms. The molecule has 1 heterocycles. The van der Waals surface area contributed by atoms with Gasteiger partial charge in [0.1, 0.15) is 17.1 Å². The minimum absolute atomic E-state index is 0.128. The molecule has 2 aromatic carbocycles. The van der Waals surface area contributed by atoms with Gasteiger partial charge < -0.3 is 19.7 Å². The zero-order chi connectivity index (χ0) is 19.8. The van der Waals surface area contributed by atoms with Gasteiger partial charge in [0, 0.05) is 18.1 Å². The van der Waals surface area contributed by atoms with Crippen molar-refractivity contribution in [1.82, 2.24) is 4.57 Å². The van der Waals surface area contributed by atoms with E-state index in [-0.39, 0.29) is 10.9 Å². The van der Waals surface area contributed by atoms with Crippen molar-refractivity contribution < 1.29 is 27.8 Å². The van der Waals surface area contributed by atoms with E-state index in [1.807, 2.05) is 0 Å². The van der Waals surface area contributed by atoms with E-state index in [1.54, 1.807) is 30.3 Å². The number of aryl methyl sites for hydroxylation is 1. The lowest BCUT2D eigenvalue weighted by Crippen LogP contribution is -2.28. The van der Waals surface area contributed by atoms with Crippen molar-refractivity contribution in [2.75, 3.05) is 5.32 Å². The van der Waals surface area contributed by atoms with Gasteiger partial charge in [-0.2, -0.15) is 0 Å². The van der Waals surface area contributed by atoms with Crippen LogP contribution in [-0.4, -0.2) is 21.9 Å². The van der Waals surface area contributed by atoms with Crippen LogP contribution in [0.25, 0.3) is 10.9 Å². The number of fused-ring (bicyclic) bond motifs is 1. The number of aromatic nitrogens is 1. The number of aromatic hydroxyl groups is 1. The van der Waals surface area contributed by atoms with Crippen molar-refractivity contribution in [1.29, 1.82) is 0 Å². The summed E-state index contributed by atoms with van der Waals surface area (Å²) in [5, 5.41) is 12.7. The van der Waals surface area contributed by atoms with Crippen molar-refractivity contribution >= 4 is 22.5 Å². The second-order valence-corrected chi connectivity index (χ2v) is 5.63. The molecular weight excluding hydrogens is 365 g/mol. The van der Waals surface area contributed by atoms with Crippen molar-refractivity contribution in [3.05, 3.63) is 64.4 Å². The molecular formula is C18H13F3N2O4. The fraction of sp³-hybridized carbons (Fsp3) is 0.111. The Balaban J connectivity index is 2.12. The highest BCUT2D eigenvalue weighted by molar-refractivity contribution is 6.09. The predicted molar refractivity (Wildman–Crippen MR) is 91.9 cm³/mol. The molecule has 0 fully saturated rings. The van der Waals surface area contributed by atoms with E-state index in [2.05, 4.69) is 10.1 Å². The summed E-state index contributed by atoms with van der Waals surface area (Å²) in [6.45, 7) is 0. The number of carbonyl (C=O) groups excluding carboxylic acids is 1. The Kier molecular flexibility index (Phi) is 4.52. The molecule has 1 amide bonds. The Hall–Kier alpha value is -3.49. The largest absolute Gasteiger partial charge is 0.573 e. The van der Waals surface area contributed by atoms with Gasteiger partial charge in [-0.3, -0.25) is 9.59 Å². The molecule has 2 N–H and O–H groups in total. The third-order valence-electron chi connectivity index (χ3n) is 3.83. The van der Waals surface area contributed by atoms with E-state index < -0.39 is 34.9 Å². The molecule has 0 aliphatic heterocycles. The topological polar surface area (TPSA) is 80.6 Å². The molecule has 6 nitrogen and oxygen atoms in total. The van der Waals surface area contributed by atoms with E-state index in [1.165, 1.54) is 13.1 Å². The average molecular weight is 378 g/mol. The number of para-hydroxylation sites is 1. The van der Waals surface area contributed by atoms with Crippen LogP contribution in [0.1, 0.15) is 10.4 Å². The van der Waals surface area contributed by atoms with Crippen LogP contribution < -0.4 is 15.6 Å². The van der Waals surface area contributed by atoms with Crippen LogP contribution in [0.5, 0.6) is 11.5 Å². The van der Waals surface area contributed by atoms with Crippen LogP contribution >= 0.6 is 0 Å². The first-order valence-electron chi connectivity index (χ1n) is 7.65. The summed E-state index contributed by atoms with van der Waals surface area (Å²) in [4.78, 5) is 24.9. The van der Waals surface area contributed by atoms with Gasteiger partial charge in [-0.15, -0.1) is 13.2 Å². The molecule has 9 heteroatoms. The maximum atomic E-state index is 12.5. The van der Waals surface area contributed by atoms with Gasteiger partial charge in [-0.1, -0.05) is 18.2 Å². The summed E-state index contributed by atoms with van der Waals surface area (Å²) in [5.74, 6) is -2.20. The first kappa shape index (κ1) is 18.3. The summed E-state index contributed by atoms with van der Waals surface area (Å²) < 4.78 is 42.2. The monoisotopic (exact) mass is 378 g/mol. The van der Waals surface area contributed by atoms with Crippen LogP contribution in [0.3, 0.4) is 0 Å². The molecule has 0 spiro atoms. The van der Waals surface area contributed by atoms with E-state index in [4.69, 9.17) is 0 Å². The third kappa shape index (κ3) is 3.71. The Bertz CT molecular complexity index is 1080. The van der Waals surface area contributed by atoms with Crippen LogP contribution in [0.15, 0.2) is 53.3 Å². The molecule has 3 rings (SSSR count). The zero-order valence-corrected chi connectivity index (χ0v) is 13.9. The maximum absolute atomic E-state index is 12.5. The molecule has 0 aliphatic rings. The lowest BCUT2D eigenvalue weighted by molar-refractivity contribution is -0.274.